The summed E-state index contributed by atoms with van der Waals surface area (Å²) in [6.07, 6.45) is 2.50. The Morgan fingerprint density at radius 1 is 1.21 bits per heavy atom. The molecule has 0 nitrogen and oxygen atoms in total. The van der Waals surface area contributed by atoms with Gasteiger partial charge in [0, 0.05) is 4.70 Å². The first-order chi connectivity index (χ1) is 6.75. The maximum atomic E-state index is 2.34. The third-order valence-electron chi connectivity index (χ3n) is 2.53. The molecule has 1 aromatic heterocycles. The summed E-state index contributed by atoms with van der Waals surface area (Å²) in [5, 5.41) is 3.54. The van der Waals surface area contributed by atoms with Crippen LogP contribution in [0.3, 0.4) is 0 Å². The molecular weight excluding hydrogens is 188 g/mol. The normalized spacial score (nSPS) is 11.4. The first-order valence-electron chi connectivity index (χ1n) is 5.22. The van der Waals surface area contributed by atoms with E-state index in [0.29, 0.717) is 0 Å². The van der Waals surface area contributed by atoms with Gasteiger partial charge in [0.25, 0.3) is 0 Å². The second-order valence-corrected chi connectivity index (χ2v) is 5.17. The van der Waals surface area contributed by atoms with Crippen molar-refractivity contribution in [3.05, 3.63) is 35.2 Å². The van der Waals surface area contributed by atoms with E-state index in [4.69, 9.17) is 0 Å². The minimum Gasteiger partial charge on any atom is -0.144 e. The lowest BCUT2D eigenvalue weighted by Crippen LogP contribution is -1.91. The summed E-state index contributed by atoms with van der Waals surface area (Å²) in [6.45, 7) is 4.56. The molecule has 0 aliphatic carbocycles. The average molecular weight is 204 g/mol. The van der Waals surface area contributed by atoms with E-state index in [0.717, 1.165) is 5.92 Å². The molecule has 0 radical (unpaired) electrons. The molecule has 0 N–H and O–H groups in total. The molecule has 0 spiro atoms. The quantitative estimate of drug-likeness (QED) is 0.691. The van der Waals surface area contributed by atoms with Crippen LogP contribution in [0.2, 0.25) is 0 Å². The molecule has 1 heterocycles. The molecule has 0 aliphatic heterocycles. The van der Waals surface area contributed by atoms with E-state index < -0.39 is 0 Å². The zero-order valence-corrected chi connectivity index (χ0v) is 9.60. The third-order valence-corrected chi connectivity index (χ3v) is 3.41. The molecule has 0 atom stereocenters. The molecule has 0 saturated carbocycles. The second kappa shape index (κ2) is 4.14. The van der Waals surface area contributed by atoms with Gasteiger partial charge < -0.3 is 0 Å². The number of rotatable bonds is 3. The van der Waals surface area contributed by atoms with Crippen LogP contribution >= 0.6 is 11.3 Å². The Bertz CT molecular complexity index is 412. The lowest BCUT2D eigenvalue weighted by Gasteiger charge is -2.04. The van der Waals surface area contributed by atoms with Crippen LogP contribution in [0.5, 0.6) is 0 Å². The van der Waals surface area contributed by atoms with Crippen LogP contribution in [0, 0.1) is 5.92 Å². The maximum absolute atomic E-state index is 2.34. The van der Waals surface area contributed by atoms with Gasteiger partial charge in [-0.15, -0.1) is 11.3 Å². The molecular formula is C13H16S. The van der Waals surface area contributed by atoms with Gasteiger partial charge in [-0.25, -0.2) is 0 Å². The number of hydrogen-bond donors (Lipinski definition) is 0. The van der Waals surface area contributed by atoms with Crippen molar-refractivity contribution in [2.45, 2.75) is 26.7 Å². The molecule has 0 aliphatic rings. The summed E-state index contributed by atoms with van der Waals surface area (Å²) in [6, 6.07) is 9.02. The summed E-state index contributed by atoms with van der Waals surface area (Å²) in [7, 11) is 0. The minimum atomic E-state index is 0.800. The largest absolute Gasteiger partial charge is 0.144 e. The van der Waals surface area contributed by atoms with Gasteiger partial charge in [0.2, 0.25) is 0 Å². The number of benzene rings is 1. The van der Waals surface area contributed by atoms with Crippen molar-refractivity contribution in [2.24, 2.45) is 5.92 Å². The van der Waals surface area contributed by atoms with Crippen LogP contribution in [0.1, 0.15) is 25.8 Å². The Labute approximate surface area is 89.6 Å². The van der Waals surface area contributed by atoms with E-state index in [9.17, 15) is 0 Å². The molecule has 0 bridgehead atoms. The maximum Gasteiger partial charge on any atom is 0.0345 e. The smallest absolute Gasteiger partial charge is 0.0345 e. The highest BCUT2D eigenvalue weighted by Crippen LogP contribution is 2.22. The Balaban J connectivity index is 2.17. The number of fused-ring (bicyclic) bond motifs is 1. The molecule has 0 unspecified atom stereocenters. The van der Waals surface area contributed by atoms with Gasteiger partial charge in [0.15, 0.2) is 0 Å². The zero-order chi connectivity index (χ0) is 9.97. The van der Waals surface area contributed by atoms with Gasteiger partial charge in [-0.1, -0.05) is 26.0 Å². The van der Waals surface area contributed by atoms with Crippen LogP contribution in [0.25, 0.3) is 10.1 Å². The standard InChI is InChI=1S/C13H16S/c1-10(2)3-4-11-5-6-12-7-8-14-13(12)9-11/h5-10H,3-4H2,1-2H3. The molecule has 0 amide bonds. The molecule has 2 aromatic rings. The van der Waals surface area contributed by atoms with Crippen molar-refractivity contribution in [1.82, 2.24) is 0 Å². The highest BCUT2D eigenvalue weighted by atomic mass is 32.1. The van der Waals surface area contributed by atoms with Gasteiger partial charge in [-0.2, -0.15) is 0 Å². The molecule has 0 fully saturated rings. The lowest BCUT2D eigenvalue weighted by atomic mass is 10.0. The average Bonchev–Trinajstić information content (AvgIpc) is 2.61. The van der Waals surface area contributed by atoms with E-state index in [1.807, 2.05) is 11.3 Å². The summed E-state index contributed by atoms with van der Waals surface area (Å²) in [4.78, 5) is 0. The Morgan fingerprint density at radius 2 is 2.07 bits per heavy atom. The molecule has 14 heavy (non-hydrogen) atoms. The molecule has 2 rings (SSSR count). The fourth-order valence-electron chi connectivity index (χ4n) is 1.61. The fraction of sp³-hybridized carbons (Fsp3) is 0.385. The van der Waals surface area contributed by atoms with Crippen molar-refractivity contribution in [3.63, 3.8) is 0 Å². The highest BCUT2D eigenvalue weighted by Gasteiger charge is 1.99. The molecule has 0 saturated heterocycles. The summed E-state index contributed by atoms with van der Waals surface area (Å²) >= 11 is 1.84. The summed E-state index contributed by atoms with van der Waals surface area (Å²) in [5.74, 6) is 0.800. The molecule has 1 heteroatoms. The van der Waals surface area contributed by atoms with Crippen molar-refractivity contribution in [3.8, 4) is 0 Å². The SMILES string of the molecule is CC(C)CCc1ccc2ccsc2c1. The lowest BCUT2D eigenvalue weighted by molar-refractivity contribution is 0.587. The minimum absolute atomic E-state index is 0.800. The van der Waals surface area contributed by atoms with Gasteiger partial charge in [-0.05, 0) is 47.2 Å². The predicted molar refractivity (Wildman–Crippen MR) is 65.0 cm³/mol. The van der Waals surface area contributed by atoms with Crippen LogP contribution in [-0.4, -0.2) is 0 Å². The van der Waals surface area contributed by atoms with E-state index in [-0.39, 0.29) is 0 Å². The highest BCUT2D eigenvalue weighted by molar-refractivity contribution is 7.17. The topological polar surface area (TPSA) is 0 Å². The van der Waals surface area contributed by atoms with Crippen LogP contribution in [0.4, 0.5) is 0 Å². The Hall–Kier alpha value is -0.820. The van der Waals surface area contributed by atoms with Crippen molar-refractivity contribution >= 4 is 21.4 Å². The van der Waals surface area contributed by atoms with E-state index in [2.05, 4.69) is 43.5 Å². The summed E-state index contributed by atoms with van der Waals surface area (Å²) < 4.78 is 1.42. The number of thiophene rings is 1. The van der Waals surface area contributed by atoms with Gasteiger partial charge in [-0.3, -0.25) is 0 Å². The molecule has 1 aromatic carbocycles. The van der Waals surface area contributed by atoms with Crippen molar-refractivity contribution < 1.29 is 0 Å². The number of hydrogen-bond acceptors (Lipinski definition) is 1. The van der Waals surface area contributed by atoms with Gasteiger partial charge in [0.1, 0.15) is 0 Å². The van der Waals surface area contributed by atoms with Crippen LogP contribution < -0.4 is 0 Å². The first kappa shape index (κ1) is 9.72. The van der Waals surface area contributed by atoms with E-state index in [1.165, 1.54) is 28.5 Å². The van der Waals surface area contributed by atoms with Gasteiger partial charge in [0.05, 0.1) is 0 Å². The third kappa shape index (κ3) is 2.16. The van der Waals surface area contributed by atoms with Crippen LogP contribution in [0.15, 0.2) is 29.6 Å². The summed E-state index contributed by atoms with van der Waals surface area (Å²) in [5.41, 5.74) is 1.48. The van der Waals surface area contributed by atoms with E-state index >= 15 is 0 Å². The van der Waals surface area contributed by atoms with Crippen LogP contribution in [-0.2, 0) is 6.42 Å². The molecule has 74 valence electrons. The van der Waals surface area contributed by atoms with Gasteiger partial charge >= 0.3 is 0 Å². The monoisotopic (exact) mass is 204 g/mol. The second-order valence-electron chi connectivity index (χ2n) is 4.23. The fourth-order valence-corrected chi connectivity index (χ4v) is 2.46. The van der Waals surface area contributed by atoms with E-state index in [1.54, 1.807) is 0 Å². The Kier molecular flexibility index (Phi) is 2.87. The first-order valence-corrected chi connectivity index (χ1v) is 6.10. The zero-order valence-electron chi connectivity index (χ0n) is 8.79. The van der Waals surface area contributed by atoms with Crippen molar-refractivity contribution in [2.75, 3.05) is 0 Å². The van der Waals surface area contributed by atoms with Crippen molar-refractivity contribution in [1.29, 1.82) is 0 Å². The predicted octanol–water partition coefficient (Wildman–Crippen LogP) is 4.49. The Morgan fingerprint density at radius 3 is 2.86 bits per heavy atom. The number of aryl methyl sites for hydroxylation is 1.